The summed E-state index contributed by atoms with van der Waals surface area (Å²) in [6, 6.07) is 0. The van der Waals surface area contributed by atoms with Crippen LogP contribution in [-0.2, 0) is 9.63 Å². The molecule has 0 saturated carbocycles. The predicted molar refractivity (Wildman–Crippen MR) is 49.1 cm³/mol. The average Bonchev–Trinajstić information content (AvgIpc) is 2.45. The van der Waals surface area contributed by atoms with Crippen LogP contribution in [-0.4, -0.2) is 33.8 Å². The van der Waals surface area contributed by atoms with Gasteiger partial charge in [0, 0.05) is 5.69 Å². The number of hydrogen-bond donors (Lipinski definition) is 3. The highest BCUT2D eigenvalue weighted by atomic mass is 16.7. The summed E-state index contributed by atoms with van der Waals surface area (Å²) in [5.74, 6) is -1.67. The van der Waals surface area contributed by atoms with E-state index in [1.165, 1.54) is 0 Å². The molecule has 7 nitrogen and oxygen atoms in total. The van der Waals surface area contributed by atoms with Crippen molar-refractivity contribution in [3.8, 4) is 0 Å². The number of rotatable bonds is 4. The van der Waals surface area contributed by atoms with Crippen molar-refractivity contribution in [2.45, 2.75) is 13.8 Å². The van der Waals surface area contributed by atoms with Crippen molar-refractivity contribution in [3.63, 3.8) is 0 Å². The maximum atomic E-state index is 11.4. The third-order valence-corrected chi connectivity index (χ3v) is 1.72. The van der Waals surface area contributed by atoms with E-state index in [0.29, 0.717) is 17.0 Å². The van der Waals surface area contributed by atoms with Gasteiger partial charge in [-0.25, -0.2) is 10.3 Å². The molecule has 0 aliphatic heterocycles. The number of carbonyl (C=O) groups excluding carboxylic acids is 1. The summed E-state index contributed by atoms with van der Waals surface area (Å²) in [5.41, 5.74) is 3.51. The second-order valence-corrected chi connectivity index (χ2v) is 2.92. The fraction of sp³-hybridized carbons (Fsp3) is 0.375. The van der Waals surface area contributed by atoms with Gasteiger partial charge in [-0.1, -0.05) is 0 Å². The SMILES string of the molecule is Cc1n[nH]c(C)c1C(=O)NOCC(=O)O. The molecule has 0 saturated heterocycles. The van der Waals surface area contributed by atoms with Gasteiger partial charge < -0.3 is 5.11 Å². The van der Waals surface area contributed by atoms with E-state index in [9.17, 15) is 9.59 Å². The fourth-order valence-electron chi connectivity index (χ4n) is 1.10. The summed E-state index contributed by atoms with van der Waals surface area (Å²) in [6.45, 7) is 2.77. The van der Waals surface area contributed by atoms with Gasteiger partial charge in [-0.15, -0.1) is 0 Å². The minimum absolute atomic E-state index is 0.361. The summed E-state index contributed by atoms with van der Waals surface area (Å²) in [5, 5.41) is 14.7. The molecule has 7 heteroatoms. The Morgan fingerprint density at radius 2 is 2.20 bits per heavy atom. The molecule has 0 spiro atoms. The Bertz CT molecular complexity index is 366. The number of aryl methyl sites for hydroxylation is 2. The Balaban J connectivity index is 2.58. The quantitative estimate of drug-likeness (QED) is 0.599. The number of aliphatic carboxylic acids is 1. The molecular weight excluding hydrogens is 202 g/mol. The van der Waals surface area contributed by atoms with Crippen LogP contribution in [0.25, 0.3) is 0 Å². The lowest BCUT2D eigenvalue weighted by molar-refractivity contribution is -0.144. The number of nitrogens with one attached hydrogen (secondary N) is 2. The first-order chi connectivity index (χ1) is 7.02. The Hall–Kier alpha value is -1.89. The van der Waals surface area contributed by atoms with Gasteiger partial charge in [-0.2, -0.15) is 5.10 Å². The van der Waals surface area contributed by atoms with Crippen molar-refractivity contribution in [1.29, 1.82) is 0 Å². The van der Waals surface area contributed by atoms with Crippen molar-refractivity contribution < 1.29 is 19.5 Å². The van der Waals surface area contributed by atoms with Crippen molar-refractivity contribution in [2.75, 3.05) is 6.61 Å². The van der Waals surface area contributed by atoms with Gasteiger partial charge >= 0.3 is 5.97 Å². The molecule has 82 valence electrons. The van der Waals surface area contributed by atoms with Crippen molar-refractivity contribution >= 4 is 11.9 Å². The number of amides is 1. The minimum atomic E-state index is -1.16. The van der Waals surface area contributed by atoms with Crippen LogP contribution < -0.4 is 5.48 Å². The average molecular weight is 213 g/mol. The van der Waals surface area contributed by atoms with Crippen LogP contribution >= 0.6 is 0 Å². The molecule has 0 aromatic carbocycles. The molecule has 0 aliphatic rings. The maximum Gasteiger partial charge on any atom is 0.332 e. The van der Waals surface area contributed by atoms with E-state index in [1.807, 2.05) is 5.48 Å². The van der Waals surface area contributed by atoms with Gasteiger partial charge in [-0.05, 0) is 13.8 Å². The van der Waals surface area contributed by atoms with Crippen LogP contribution in [0.2, 0.25) is 0 Å². The Morgan fingerprint density at radius 1 is 1.53 bits per heavy atom. The van der Waals surface area contributed by atoms with Gasteiger partial charge in [0.15, 0.2) is 6.61 Å². The standard InChI is InChI=1S/C8H11N3O4/c1-4-7(5(2)10-9-4)8(14)11-15-3-6(12)13/h3H2,1-2H3,(H,9,10)(H,11,14)(H,12,13). The summed E-state index contributed by atoms with van der Waals surface area (Å²) < 4.78 is 0. The molecule has 0 bridgehead atoms. The molecule has 1 aromatic rings. The van der Waals surface area contributed by atoms with E-state index in [0.717, 1.165) is 0 Å². The highest BCUT2D eigenvalue weighted by molar-refractivity contribution is 5.95. The third-order valence-electron chi connectivity index (χ3n) is 1.72. The number of aromatic nitrogens is 2. The number of nitrogens with zero attached hydrogens (tertiary/aromatic N) is 1. The van der Waals surface area contributed by atoms with Crippen LogP contribution in [0.1, 0.15) is 21.7 Å². The van der Waals surface area contributed by atoms with Crippen molar-refractivity contribution in [1.82, 2.24) is 15.7 Å². The van der Waals surface area contributed by atoms with Crippen LogP contribution in [0.4, 0.5) is 0 Å². The summed E-state index contributed by atoms with van der Waals surface area (Å²) in [7, 11) is 0. The van der Waals surface area contributed by atoms with Crippen LogP contribution in [0.5, 0.6) is 0 Å². The summed E-state index contributed by atoms with van der Waals surface area (Å²) in [4.78, 5) is 26.0. The molecule has 1 rings (SSSR count). The molecule has 15 heavy (non-hydrogen) atoms. The number of carbonyl (C=O) groups is 2. The van der Waals surface area contributed by atoms with Crippen molar-refractivity contribution in [2.24, 2.45) is 0 Å². The van der Waals surface area contributed by atoms with Gasteiger partial charge in [-0.3, -0.25) is 14.7 Å². The molecule has 0 aliphatic carbocycles. The van der Waals surface area contributed by atoms with Crippen LogP contribution in [0, 0.1) is 13.8 Å². The molecule has 1 heterocycles. The number of carboxylic acids is 1. The highest BCUT2D eigenvalue weighted by Gasteiger charge is 2.15. The zero-order valence-corrected chi connectivity index (χ0v) is 8.33. The summed E-state index contributed by atoms with van der Waals surface area (Å²) >= 11 is 0. The number of hydrogen-bond acceptors (Lipinski definition) is 4. The normalized spacial score (nSPS) is 10.0. The highest BCUT2D eigenvalue weighted by Crippen LogP contribution is 2.08. The lowest BCUT2D eigenvalue weighted by Gasteiger charge is -2.03. The minimum Gasteiger partial charge on any atom is -0.479 e. The monoisotopic (exact) mass is 213 g/mol. The topological polar surface area (TPSA) is 104 Å². The van der Waals surface area contributed by atoms with E-state index >= 15 is 0 Å². The number of H-pyrrole nitrogens is 1. The maximum absolute atomic E-state index is 11.4. The van der Waals surface area contributed by atoms with E-state index in [1.54, 1.807) is 13.8 Å². The molecule has 3 N–H and O–H groups in total. The Labute approximate surface area is 85.4 Å². The smallest absolute Gasteiger partial charge is 0.332 e. The lowest BCUT2D eigenvalue weighted by atomic mass is 10.2. The lowest BCUT2D eigenvalue weighted by Crippen LogP contribution is -2.27. The third kappa shape index (κ3) is 2.78. The zero-order chi connectivity index (χ0) is 11.4. The van der Waals surface area contributed by atoms with E-state index in [2.05, 4.69) is 15.0 Å². The molecule has 1 aromatic heterocycles. The summed E-state index contributed by atoms with van der Waals surface area (Å²) in [6.07, 6.45) is 0. The van der Waals surface area contributed by atoms with Crippen LogP contribution in [0.3, 0.4) is 0 Å². The fourth-order valence-corrected chi connectivity index (χ4v) is 1.10. The van der Waals surface area contributed by atoms with E-state index in [-0.39, 0.29) is 0 Å². The first kappa shape index (κ1) is 11.2. The molecule has 0 unspecified atom stereocenters. The Morgan fingerprint density at radius 3 is 2.67 bits per heavy atom. The van der Waals surface area contributed by atoms with Crippen LogP contribution in [0.15, 0.2) is 0 Å². The Kier molecular flexibility index (Phi) is 3.40. The number of aromatic amines is 1. The second kappa shape index (κ2) is 4.56. The molecular formula is C8H11N3O4. The number of carboxylic acid groups (broad SMARTS) is 1. The zero-order valence-electron chi connectivity index (χ0n) is 8.33. The predicted octanol–water partition coefficient (Wildman–Crippen LogP) is -0.227. The largest absolute Gasteiger partial charge is 0.479 e. The van der Waals surface area contributed by atoms with Crippen molar-refractivity contribution in [3.05, 3.63) is 17.0 Å². The van der Waals surface area contributed by atoms with Gasteiger partial charge in [0.05, 0.1) is 11.3 Å². The van der Waals surface area contributed by atoms with E-state index in [4.69, 9.17) is 5.11 Å². The van der Waals surface area contributed by atoms with Gasteiger partial charge in [0.1, 0.15) is 0 Å². The molecule has 1 amide bonds. The van der Waals surface area contributed by atoms with Gasteiger partial charge in [0.25, 0.3) is 5.91 Å². The number of hydroxylamine groups is 1. The first-order valence-corrected chi connectivity index (χ1v) is 4.18. The molecule has 0 radical (unpaired) electrons. The van der Waals surface area contributed by atoms with Gasteiger partial charge in [0.2, 0.25) is 0 Å². The second-order valence-electron chi connectivity index (χ2n) is 2.92. The molecule has 0 atom stereocenters. The van der Waals surface area contributed by atoms with E-state index < -0.39 is 18.5 Å². The first-order valence-electron chi connectivity index (χ1n) is 4.18. The molecule has 0 fully saturated rings.